The van der Waals surface area contributed by atoms with Crippen molar-refractivity contribution in [2.45, 2.75) is 44.4 Å². The fraction of sp³-hybridized carbons (Fsp3) is 0.412. The van der Waals surface area contributed by atoms with Crippen molar-refractivity contribution in [2.75, 3.05) is 5.43 Å². The summed E-state index contributed by atoms with van der Waals surface area (Å²) in [7, 11) is 0. The predicted molar refractivity (Wildman–Crippen MR) is 83.9 cm³/mol. The van der Waals surface area contributed by atoms with E-state index in [2.05, 4.69) is 34.7 Å². The van der Waals surface area contributed by atoms with Crippen molar-refractivity contribution in [1.29, 1.82) is 0 Å². The molecule has 1 saturated carbocycles. The molecule has 3 N–H and O–H groups in total. The maximum Gasteiger partial charge on any atom is 0.161 e. The van der Waals surface area contributed by atoms with Gasteiger partial charge >= 0.3 is 0 Å². The Kier molecular flexibility index (Phi) is 3.11. The number of hydrogen-bond acceptors (Lipinski definition) is 4. The smallest absolute Gasteiger partial charge is 0.161 e. The minimum Gasteiger partial charge on any atom is -0.308 e. The normalized spacial score (nSPS) is 17.4. The number of aromatic nitrogens is 2. The molecule has 1 aromatic carbocycles. The molecule has 1 heterocycles. The fourth-order valence-electron chi connectivity index (χ4n) is 3.19. The molecule has 1 aromatic heterocycles. The van der Waals surface area contributed by atoms with Gasteiger partial charge in [-0.1, -0.05) is 18.2 Å². The van der Waals surface area contributed by atoms with Crippen LogP contribution in [0.25, 0.3) is 11.4 Å². The average Bonchev–Trinajstić information content (AvgIpc) is 3.39. The number of fused-ring (bicyclic) bond motifs is 1. The van der Waals surface area contributed by atoms with Gasteiger partial charge in [0.25, 0.3) is 0 Å². The second-order valence-electron chi connectivity index (χ2n) is 6.07. The zero-order valence-electron chi connectivity index (χ0n) is 12.1. The number of nitrogen functional groups attached to an aromatic ring is 1. The van der Waals surface area contributed by atoms with E-state index in [1.165, 1.54) is 36.8 Å². The first-order chi connectivity index (χ1) is 10.3. The second kappa shape index (κ2) is 5.11. The molecule has 108 valence electrons. The molecule has 4 rings (SSSR count). The summed E-state index contributed by atoms with van der Waals surface area (Å²) in [5.74, 6) is 8.01. The zero-order chi connectivity index (χ0) is 14.2. The van der Waals surface area contributed by atoms with Crippen LogP contribution in [-0.2, 0) is 12.8 Å². The first-order valence-electron chi connectivity index (χ1n) is 7.82. The molecular weight excluding hydrogens is 260 g/mol. The van der Waals surface area contributed by atoms with Gasteiger partial charge in [-0.2, -0.15) is 0 Å². The van der Waals surface area contributed by atoms with Crippen molar-refractivity contribution < 1.29 is 0 Å². The van der Waals surface area contributed by atoms with Gasteiger partial charge in [-0.3, -0.25) is 0 Å². The molecule has 0 atom stereocenters. The minimum absolute atomic E-state index is 0.745. The Bertz CT molecular complexity index is 659. The third-order valence-electron chi connectivity index (χ3n) is 4.51. The van der Waals surface area contributed by atoms with E-state index in [-0.39, 0.29) is 0 Å². The average molecular weight is 280 g/mol. The number of nitrogens with two attached hydrogens (primary N) is 1. The minimum atomic E-state index is 0.745. The van der Waals surface area contributed by atoms with Crippen LogP contribution in [0, 0.1) is 0 Å². The van der Waals surface area contributed by atoms with E-state index >= 15 is 0 Å². The van der Waals surface area contributed by atoms with Gasteiger partial charge in [-0.15, -0.1) is 0 Å². The lowest BCUT2D eigenvalue weighted by Gasteiger charge is -2.18. The molecule has 0 amide bonds. The lowest BCUT2D eigenvalue weighted by molar-refractivity contribution is 0.665. The lowest BCUT2D eigenvalue weighted by atomic mass is 9.96. The van der Waals surface area contributed by atoms with Gasteiger partial charge in [-0.25, -0.2) is 15.8 Å². The maximum absolute atomic E-state index is 5.67. The first-order valence-corrected chi connectivity index (χ1v) is 7.82. The molecular formula is C17H20N4. The summed E-state index contributed by atoms with van der Waals surface area (Å²) in [4.78, 5) is 9.45. The highest BCUT2D eigenvalue weighted by atomic mass is 15.3. The number of hydrazine groups is 1. The van der Waals surface area contributed by atoms with E-state index in [4.69, 9.17) is 10.8 Å². The molecule has 4 heteroatoms. The summed E-state index contributed by atoms with van der Waals surface area (Å²) in [6, 6.07) is 8.66. The summed E-state index contributed by atoms with van der Waals surface area (Å²) >= 11 is 0. The molecule has 2 aliphatic rings. The van der Waals surface area contributed by atoms with Gasteiger partial charge in [0.15, 0.2) is 5.82 Å². The van der Waals surface area contributed by atoms with Crippen LogP contribution in [0.5, 0.6) is 0 Å². The number of rotatable bonds is 3. The molecule has 0 saturated heterocycles. The SMILES string of the molecule is NNc1nc(-c2cccc(C3CC3)c2)nc2c1CCCC2. The molecule has 21 heavy (non-hydrogen) atoms. The predicted octanol–water partition coefficient (Wildman–Crippen LogP) is 3.19. The van der Waals surface area contributed by atoms with Crippen LogP contribution in [0.4, 0.5) is 5.82 Å². The largest absolute Gasteiger partial charge is 0.308 e. The number of aryl methyl sites for hydroxylation is 1. The summed E-state index contributed by atoms with van der Waals surface area (Å²) in [6.07, 6.45) is 7.07. The summed E-state index contributed by atoms with van der Waals surface area (Å²) in [5, 5.41) is 0. The van der Waals surface area contributed by atoms with Gasteiger partial charge in [0.2, 0.25) is 0 Å². The van der Waals surface area contributed by atoms with Crippen molar-refractivity contribution in [3.63, 3.8) is 0 Å². The van der Waals surface area contributed by atoms with Gasteiger partial charge in [0.1, 0.15) is 5.82 Å². The Morgan fingerprint density at radius 2 is 1.95 bits per heavy atom. The highest BCUT2D eigenvalue weighted by Gasteiger charge is 2.24. The van der Waals surface area contributed by atoms with Crippen LogP contribution < -0.4 is 11.3 Å². The summed E-state index contributed by atoms with van der Waals surface area (Å²) in [5.41, 5.74) is 7.64. The zero-order valence-corrected chi connectivity index (χ0v) is 12.1. The van der Waals surface area contributed by atoms with Crippen LogP contribution in [0.2, 0.25) is 0 Å². The first kappa shape index (κ1) is 12.8. The monoisotopic (exact) mass is 280 g/mol. The highest BCUT2D eigenvalue weighted by Crippen LogP contribution is 2.41. The van der Waals surface area contributed by atoms with Crippen molar-refractivity contribution >= 4 is 5.82 Å². The van der Waals surface area contributed by atoms with E-state index in [9.17, 15) is 0 Å². The molecule has 4 nitrogen and oxygen atoms in total. The van der Waals surface area contributed by atoms with Crippen LogP contribution in [0.1, 0.15) is 48.4 Å². The van der Waals surface area contributed by atoms with E-state index in [1.807, 2.05) is 0 Å². The van der Waals surface area contributed by atoms with Crippen molar-refractivity contribution in [3.05, 3.63) is 41.1 Å². The fourth-order valence-corrected chi connectivity index (χ4v) is 3.19. The number of anilines is 1. The molecule has 0 bridgehead atoms. The van der Waals surface area contributed by atoms with E-state index in [0.29, 0.717) is 0 Å². The van der Waals surface area contributed by atoms with Crippen LogP contribution in [-0.4, -0.2) is 9.97 Å². The van der Waals surface area contributed by atoms with Crippen LogP contribution in [0.3, 0.4) is 0 Å². The van der Waals surface area contributed by atoms with Gasteiger partial charge in [-0.05, 0) is 56.1 Å². The van der Waals surface area contributed by atoms with Gasteiger partial charge in [0.05, 0.1) is 0 Å². The molecule has 0 spiro atoms. The van der Waals surface area contributed by atoms with E-state index in [1.54, 1.807) is 0 Å². The number of benzene rings is 1. The van der Waals surface area contributed by atoms with Gasteiger partial charge < -0.3 is 5.43 Å². The number of hydrogen-bond donors (Lipinski definition) is 2. The Hall–Kier alpha value is -1.94. The Morgan fingerprint density at radius 3 is 2.76 bits per heavy atom. The van der Waals surface area contributed by atoms with E-state index < -0.39 is 0 Å². The van der Waals surface area contributed by atoms with Crippen molar-refractivity contribution in [2.24, 2.45) is 5.84 Å². The maximum atomic E-state index is 5.67. The van der Waals surface area contributed by atoms with E-state index in [0.717, 1.165) is 41.7 Å². The highest BCUT2D eigenvalue weighted by molar-refractivity contribution is 5.61. The third-order valence-corrected chi connectivity index (χ3v) is 4.51. The van der Waals surface area contributed by atoms with Gasteiger partial charge in [0, 0.05) is 16.8 Å². The standard InChI is InChI=1S/C17H20N4/c18-21-17-14-6-1-2-7-15(14)19-16(20-17)13-5-3-4-12(10-13)11-8-9-11/h3-5,10-11H,1-2,6-9,18H2,(H,19,20,21). The lowest BCUT2D eigenvalue weighted by Crippen LogP contribution is -2.17. The number of nitrogens with one attached hydrogen (secondary N) is 1. The Morgan fingerprint density at radius 1 is 1.10 bits per heavy atom. The Balaban J connectivity index is 1.79. The quantitative estimate of drug-likeness (QED) is 0.669. The molecule has 2 aromatic rings. The van der Waals surface area contributed by atoms with Crippen molar-refractivity contribution in [3.8, 4) is 11.4 Å². The topological polar surface area (TPSA) is 63.8 Å². The molecule has 0 unspecified atom stereocenters. The van der Waals surface area contributed by atoms with Crippen LogP contribution in [0.15, 0.2) is 24.3 Å². The van der Waals surface area contributed by atoms with Crippen LogP contribution >= 0.6 is 0 Å². The van der Waals surface area contributed by atoms with Crippen molar-refractivity contribution in [1.82, 2.24) is 9.97 Å². The third kappa shape index (κ3) is 2.40. The Labute approximate surface area is 124 Å². The second-order valence-corrected chi connectivity index (χ2v) is 6.07. The molecule has 2 aliphatic carbocycles. The summed E-state index contributed by atoms with van der Waals surface area (Å²) in [6.45, 7) is 0. The molecule has 0 radical (unpaired) electrons. The molecule has 0 aliphatic heterocycles. The number of nitrogens with zero attached hydrogens (tertiary/aromatic N) is 2. The summed E-state index contributed by atoms with van der Waals surface area (Å²) < 4.78 is 0. The molecule has 1 fully saturated rings.